The monoisotopic (exact) mass is 537 g/mol. The SMILES string of the molecule is COC(=O)[C@H](Cc1ccc(OC(=O)CC(C)C)c(OC(=O)CC(C)C)c1)NCC(C)OC(=O)OCC(C)C. The molecular weight excluding hydrogens is 494 g/mol. The second-order valence-corrected chi connectivity index (χ2v) is 10.5. The van der Waals surface area contributed by atoms with Crippen LogP contribution < -0.4 is 14.8 Å². The van der Waals surface area contributed by atoms with Gasteiger partial charge in [-0.15, -0.1) is 0 Å². The molecular formula is C28H43NO9. The third kappa shape index (κ3) is 13.4. The van der Waals surface area contributed by atoms with Gasteiger partial charge in [-0.05, 0) is 48.8 Å². The normalized spacial score (nSPS) is 12.7. The van der Waals surface area contributed by atoms with E-state index in [1.165, 1.54) is 13.2 Å². The molecule has 1 aromatic rings. The zero-order valence-electron chi connectivity index (χ0n) is 23.8. The van der Waals surface area contributed by atoms with Crippen molar-refractivity contribution in [2.75, 3.05) is 20.3 Å². The third-order valence-corrected chi connectivity index (χ3v) is 5.01. The standard InChI is InChI=1S/C28H43NO9/c1-17(2)11-25(30)37-23-10-9-21(14-24(23)38-26(31)12-18(3)4)13-22(27(32)34-8)29-15-20(7)36-28(33)35-16-19(5)6/h9-10,14,17-20,22,29H,11-13,15-16H2,1-8H3/t20?,22-/m0/s1. The van der Waals surface area contributed by atoms with Crippen LogP contribution in [0.15, 0.2) is 18.2 Å². The van der Waals surface area contributed by atoms with Gasteiger partial charge in [0.1, 0.15) is 12.1 Å². The predicted octanol–water partition coefficient (Wildman–Crippen LogP) is 4.46. The molecule has 0 aliphatic carbocycles. The second kappa shape index (κ2) is 16.7. The molecule has 0 aliphatic rings. The fraction of sp³-hybridized carbons (Fsp3) is 0.643. The Morgan fingerprint density at radius 1 is 0.816 bits per heavy atom. The summed E-state index contributed by atoms with van der Waals surface area (Å²) in [5.74, 6) is -0.842. The van der Waals surface area contributed by atoms with E-state index < -0.39 is 36.2 Å². The van der Waals surface area contributed by atoms with Crippen LogP contribution in [0.3, 0.4) is 0 Å². The number of carbonyl (C=O) groups is 4. The molecule has 1 N–H and O–H groups in total. The van der Waals surface area contributed by atoms with Crippen LogP contribution in [0.1, 0.15) is 66.9 Å². The first-order valence-corrected chi connectivity index (χ1v) is 13.0. The van der Waals surface area contributed by atoms with E-state index in [4.69, 9.17) is 23.7 Å². The number of hydrogen-bond acceptors (Lipinski definition) is 10. The maximum Gasteiger partial charge on any atom is 0.508 e. The molecule has 0 saturated carbocycles. The average molecular weight is 538 g/mol. The Morgan fingerprint density at radius 2 is 1.39 bits per heavy atom. The van der Waals surface area contributed by atoms with Gasteiger partial charge in [-0.2, -0.15) is 0 Å². The van der Waals surface area contributed by atoms with Gasteiger partial charge >= 0.3 is 24.1 Å². The molecule has 0 amide bonds. The van der Waals surface area contributed by atoms with Crippen LogP contribution in [0.4, 0.5) is 4.79 Å². The molecule has 2 atom stereocenters. The van der Waals surface area contributed by atoms with E-state index in [-0.39, 0.29) is 61.7 Å². The highest BCUT2D eigenvalue weighted by atomic mass is 16.7. The van der Waals surface area contributed by atoms with Crippen LogP contribution in [-0.2, 0) is 35.0 Å². The van der Waals surface area contributed by atoms with E-state index in [1.54, 1.807) is 19.1 Å². The Labute approximate surface area is 225 Å². The summed E-state index contributed by atoms with van der Waals surface area (Å²) in [4.78, 5) is 48.9. The summed E-state index contributed by atoms with van der Waals surface area (Å²) < 4.78 is 26.1. The Morgan fingerprint density at radius 3 is 1.92 bits per heavy atom. The first kappa shape index (κ1) is 32.9. The van der Waals surface area contributed by atoms with Gasteiger partial charge in [0, 0.05) is 19.4 Å². The molecule has 10 heteroatoms. The molecule has 0 aromatic heterocycles. The van der Waals surface area contributed by atoms with E-state index >= 15 is 0 Å². The first-order chi connectivity index (χ1) is 17.8. The van der Waals surface area contributed by atoms with Gasteiger partial charge in [-0.1, -0.05) is 47.6 Å². The van der Waals surface area contributed by atoms with Gasteiger partial charge in [-0.3, -0.25) is 14.4 Å². The second-order valence-electron chi connectivity index (χ2n) is 10.5. The summed E-state index contributed by atoms with van der Waals surface area (Å²) >= 11 is 0. The van der Waals surface area contributed by atoms with Gasteiger partial charge in [0.2, 0.25) is 0 Å². The van der Waals surface area contributed by atoms with Crippen molar-refractivity contribution in [3.8, 4) is 11.5 Å². The summed E-state index contributed by atoms with van der Waals surface area (Å²) in [7, 11) is 1.27. The van der Waals surface area contributed by atoms with E-state index in [1.807, 2.05) is 41.5 Å². The van der Waals surface area contributed by atoms with E-state index in [0.717, 1.165) is 0 Å². The maximum absolute atomic E-state index is 12.5. The molecule has 10 nitrogen and oxygen atoms in total. The molecule has 0 heterocycles. The molecule has 0 spiro atoms. The molecule has 214 valence electrons. The molecule has 1 unspecified atom stereocenters. The lowest BCUT2D eigenvalue weighted by Crippen LogP contribution is -2.43. The summed E-state index contributed by atoms with van der Waals surface area (Å²) in [5.41, 5.74) is 0.633. The minimum atomic E-state index is -0.786. The highest BCUT2D eigenvalue weighted by Crippen LogP contribution is 2.30. The lowest BCUT2D eigenvalue weighted by Gasteiger charge is -2.20. The van der Waals surface area contributed by atoms with E-state index in [9.17, 15) is 19.2 Å². The number of benzene rings is 1. The van der Waals surface area contributed by atoms with Crippen molar-refractivity contribution < 1.29 is 42.9 Å². The first-order valence-electron chi connectivity index (χ1n) is 13.0. The number of ether oxygens (including phenoxy) is 5. The number of methoxy groups -OCH3 is 1. The predicted molar refractivity (Wildman–Crippen MR) is 141 cm³/mol. The topological polar surface area (TPSA) is 126 Å². The van der Waals surface area contributed by atoms with Crippen molar-refractivity contribution in [3.05, 3.63) is 23.8 Å². The lowest BCUT2D eigenvalue weighted by molar-refractivity contribution is -0.143. The van der Waals surface area contributed by atoms with Crippen molar-refractivity contribution in [1.82, 2.24) is 5.32 Å². The van der Waals surface area contributed by atoms with Crippen molar-refractivity contribution >= 4 is 24.1 Å². The highest BCUT2D eigenvalue weighted by molar-refractivity contribution is 5.77. The van der Waals surface area contributed by atoms with E-state index in [0.29, 0.717) is 5.56 Å². The van der Waals surface area contributed by atoms with Crippen LogP contribution in [0.25, 0.3) is 0 Å². The summed E-state index contributed by atoms with van der Waals surface area (Å²) in [5, 5.41) is 3.04. The van der Waals surface area contributed by atoms with E-state index in [2.05, 4.69) is 5.32 Å². The van der Waals surface area contributed by atoms with Gasteiger partial charge in [0.05, 0.1) is 13.7 Å². The summed E-state index contributed by atoms with van der Waals surface area (Å²) in [6.07, 6.45) is -0.782. The number of carbonyl (C=O) groups excluding carboxylic acids is 4. The maximum atomic E-state index is 12.5. The zero-order chi connectivity index (χ0) is 28.8. The Hall–Kier alpha value is -3.14. The Kier molecular flexibility index (Phi) is 14.4. The number of rotatable bonds is 15. The van der Waals surface area contributed by atoms with Gasteiger partial charge in [0.25, 0.3) is 0 Å². The molecule has 0 bridgehead atoms. The van der Waals surface area contributed by atoms with Crippen LogP contribution in [0, 0.1) is 17.8 Å². The molecule has 0 aliphatic heterocycles. The van der Waals surface area contributed by atoms with Gasteiger partial charge < -0.3 is 29.0 Å². The largest absolute Gasteiger partial charge is 0.508 e. The number of hydrogen-bond donors (Lipinski definition) is 1. The number of esters is 3. The third-order valence-electron chi connectivity index (χ3n) is 5.01. The van der Waals surface area contributed by atoms with Gasteiger partial charge in [-0.25, -0.2) is 4.79 Å². The summed E-state index contributed by atoms with van der Waals surface area (Å²) in [6, 6.07) is 4.00. The van der Waals surface area contributed by atoms with Crippen molar-refractivity contribution in [2.45, 2.75) is 79.9 Å². The van der Waals surface area contributed by atoms with Crippen LogP contribution in [0.5, 0.6) is 11.5 Å². The van der Waals surface area contributed by atoms with Crippen molar-refractivity contribution in [2.24, 2.45) is 17.8 Å². The number of nitrogens with one attached hydrogen (secondary N) is 1. The highest BCUT2D eigenvalue weighted by Gasteiger charge is 2.23. The molecule has 1 aromatic carbocycles. The molecule has 0 radical (unpaired) electrons. The van der Waals surface area contributed by atoms with Crippen molar-refractivity contribution in [3.63, 3.8) is 0 Å². The van der Waals surface area contributed by atoms with Crippen LogP contribution in [-0.4, -0.2) is 56.5 Å². The molecule has 1 rings (SSSR count). The molecule has 0 saturated heterocycles. The van der Waals surface area contributed by atoms with Gasteiger partial charge in [0.15, 0.2) is 11.5 Å². The molecule has 0 fully saturated rings. The smallest absolute Gasteiger partial charge is 0.468 e. The Bertz CT molecular complexity index is 927. The minimum absolute atomic E-state index is 0.0809. The average Bonchev–Trinajstić information content (AvgIpc) is 2.80. The zero-order valence-corrected chi connectivity index (χ0v) is 23.8. The van der Waals surface area contributed by atoms with Crippen LogP contribution >= 0.6 is 0 Å². The fourth-order valence-electron chi connectivity index (χ4n) is 3.24. The lowest BCUT2D eigenvalue weighted by atomic mass is 10.0. The Balaban J connectivity index is 3.00. The quantitative estimate of drug-likeness (QED) is 0.253. The summed E-state index contributed by atoms with van der Waals surface area (Å²) in [6.45, 7) is 13.5. The van der Waals surface area contributed by atoms with Crippen molar-refractivity contribution in [1.29, 1.82) is 0 Å². The minimum Gasteiger partial charge on any atom is -0.468 e. The fourth-order valence-corrected chi connectivity index (χ4v) is 3.24. The van der Waals surface area contributed by atoms with Crippen LogP contribution in [0.2, 0.25) is 0 Å². The molecule has 38 heavy (non-hydrogen) atoms.